The van der Waals surface area contributed by atoms with E-state index in [2.05, 4.69) is 39.7 Å². The topological polar surface area (TPSA) is 59.1 Å². The molecule has 0 saturated heterocycles. The van der Waals surface area contributed by atoms with Gasteiger partial charge in [0.05, 0.1) is 12.3 Å². The van der Waals surface area contributed by atoms with Crippen molar-refractivity contribution < 1.29 is 4.74 Å². The molecule has 122 valence electrons. The summed E-state index contributed by atoms with van der Waals surface area (Å²) in [7, 11) is 0. The normalized spacial score (nSPS) is 10.2. The zero-order chi connectivity index (χ0) is 16.8. The predicted octanol–water partition coefficient (Wildman–Crippen LogP) is 4.67. The van der Waals surface area contributed by atoms with Gasteiger partial charge in [0.1, 0.15) is 23.7 Å². The molecule has 3 rings (SSSR count). The minimum atomic E-state index is 0.614. The van der Waals surface area contributed by atoms with E-state index in [9.17, 15) is 0 Å². The smallest absolute Gasteiger partial charge is 0.142 e. The molecular formula is C19H20N4O. The standard InChI is InChI=1S/C19H20N4O/c1-3-24-17-10-5-4-9-16(17)23-19-12-18(20-13-21-19)22-15-8-6-7-14(2)11-15/h4-13H,3H2,1-2H3,(H2,20,21,22,23). The van der Waals surface area contributed by atoms with Crippen LogP contribution in [-0.2, 0) is 0 Å². The lowest BCUT2D eigenvalue weighted by molar-refractivity contribution is 0.342. The Labute approximate surface area is 141 Å². The van der Waals surface area contributed by atoms with Crippen LogP contribution in [0.3, 0.4) is 0 Å². The van der Waals surface area contributed by atoms with Gasteiger partial charge in [-0.05, 0) is 43.7 Å². The second-order valence-electron chi connectivity index (χ2n) is 5.34. The van der Waals surface area contributed by atoms with E-state index in [1.54, 1.807) is 0 Å². The quantitative estimate of drug-likeness (QED) is 0.691. The van der Waals surface area contributed by atoms with Crippen LogP contribution in [0.15, 0.2) is 60.9 Å². The summed E-state index contributed by atoms with van der Waals surface area (Å²) < 4.78 is 5.63. The molecule has 0 unspecified atom stereocenters. The van der Waals surface area contributed by atoms with E-state index < -0.39 is 0 Å². The van der Waals surface area contributed by atoms with Crippen molar-refractivity contribution in [2.75, 3.05) is 17.2 Å². The molecule has 0 radical (unpaired) electrons. The summed E-state index contributed by atoms with van der Waals surface area (Å²) in [6.45, 7) is 4.64. The van der Waals surface area contributed by atoms with E-state index in [1.807, 2.05) is 49.4 Å². The molecule has 0 aliphatic heterocycles. The molecule has 5 heteroatoms. The fourth-order valence-electron chi connectivity index (χ4n) is 2.35. The lowest BCUT2D eigenvalue weighted by Gasteiger charge is -2.12. The summed E-state index contributed by atoms with van der Waals surface area (Å²) in [5.41, 5.74) is 3.06. The van der Waals surface area contributed by atoms with Crippen LogP contribution in [0.25, 0.3) is 0 Å². The Bertz CT molecular complexity index is 820. The summed E-state index contributed by atoms with van der Waals surface area (Å²) >= 11 is 0. The molecule has 5 nitrogen and oxygen atoms in total. The number of hydrogen-bond donors (Lipinski definition) is 2. The first-order chi connectivity index (χ1) is 11.7. The van der Waals surface area contributed by atoms with Crippen molar-refractivity contribution in [2.24, 2.45) is 0 Å². The summed E-state index contributed by atoms with van der Waals surface area (Å²) in [5, 5.41) is 6.57. The van der Waals surface area contributed by atoms with Crippen LogP contribution in [0, 0.1) is 6.92 Å². The summed E-state index contributed by atoms with van der Waals surface area (Å²) in [5.74, 6) is 2.23. The maximum atomic E-state index is 5.63. The van der Waals surface area contributed by atoms with Gasteiger partial charge in [-0.15, -0.1) is 0 Å². The second-order valence-corrected chi connectivity index (χ2v) is 5.34. The third kappa shape index (κ3) is 4.01. The number of nitrogens with one attached hydrogen (secondary N) is 2. The predicted molar refractivity (Wildman–Crippen MR) is 97.4 cm³/mol. The van der Waals surface area contributed by atoms with Gasteiger partial charge < -0.3 is 15.4 Å². The molecule has 0 aliphatic carbocycles. The molecule has 0 amide bonds. The number of anilines is 4. The maximum absolute atomic E-state index is 5.63. The van der Waals surface area contributed by atoms with Crippen molar-refractivity contribution in [3.63, 3.8) is 0 Å². The number of aryl methyl sites for hydroxylation is 1. The Morgan fingerprint density at radius 2 is 1.71 bits per heavy atom. The summed E-state index contributed by atoms with van der Waals surface area (Å²) in [6.07, 6.45) is 1.53. The number of nitrogens with zero attached hydrogens (tertiary/aromatic N) is 2. The van der Waals surface area contributed by atoms with Gasteiger partial charge in [-0.3, -0.25) is 0 Å². The summed E-state index contributed by atoms with van der Waals surface area (Å²) in [4.78, 5) is 8.55. The third-order valence-corrected chi connectivity index (χ3v) is 3.41. The van der Waals surface area contributed by atoms with Crippen LogP contribution in [-0.4, -0.2) is 16.6 Å². The van der Waals surface area contributed by atoms with Gasteiger partial charge in [0.15, 0.2) is 0 Å². The lowest BCUT2D eigenvalue weighted by atomic mass is 10.2. The average molecular weight is 320 g/mol. The minimum Gasteiger partial charge on any atom is -0.492 e. The fraction of sp³-hybridized carbons (Fsp3) is 0.158. The van der Waals surface area contributed by atoms with Crippen molar-refractivity contribution in [3.05, 3.63) is 66.5 Å². The van der Waals surface area contributed by atoms with Gasteiger partial charge in [-0.25, -0.2) is 9.97 Å². The van der Waals surface area contributed by atoms with Gasteiger partial charge in [0.25, 0.3) is 0 Å². The summed E-state index contributed by atoms with van der Waals surface area (Å²) in [6, 6.07) is 17.8. The minimum absolute atomic E-state index is 0.614. The molecule has 2 aromatic carbocycles. The first-order valence-corrected chi connectivity index (χ1v) is 7.89. The highest BCUT2D eigenvalue weighted by atomic mass is 16.5. The van der Waals surface area contributed by atoms with Crippen LogP contribution in [0.4, 0.5) is 23.0 Å². The number of rotatable bonds is 6. The molecule has 3 aromatic rings. The average Bonchev–Trinajstić information content (AvgIpc) is 2.57. The third-order valence-electron chi connectivity index (χ3n) is 3.41. The van der Waals surface area contributed by atoms with Crippen molar-refractivity contribution in [1.82, 2.24) is 9.97 Å². The van der Waals surface area contributed by atoms with Crippen LogP contribution in [0.5, 0.6) is 5.75 Å². The lowest BCUT2D eigenvalue weighted by Crippen LogP contribution is -2.01. The molecule has 24 heavy (non-hydrogen) atoms. The van der Waals surface area contributed by atoms with E-state index in [0.717, 1.165) is 22.9 Å². The molecule has 0 bridgehead atoms. The van der Waals surface area contributed by atoms with Crippen molar-refractivity contribution >= 4 is 23.0 Å². The Morgan fingerprint density at radius 3 is 2.50 bits per heavy atom. The fourth-order valence-corrected chi connectivity index (χ4v) is 2.35. The monoisotopic (exact) mass is 320 g/mol. The molecule has 1 heterocycles. The Balaban J connectivity index is 1.78. The zero-order valence-corrected chi connectivity index (χ0v) is 13.8. The number of aromatic nitrogens is 2. The van der Waals surface area contributed by atoms with Crippen LogP contribution in [0.1, 0.15) is 12.5 Å². The Hall–Kier alpha value is -3.08. The Kier molecular flexibility index (Phi) is 4.91. The SMILES string of the molecule is CCOc1ccccc1Nc1cc(Nc2cccc(C)c2)ncn1. The molecule has 1 aromatic heterocycles. The molecule has 0 spiro atoms. The number of para-hydroxylation sites is 2. The highest BCUT2D eigenvalue weighted by Crippen LogP contribution is 2.27. The van der Waals surface area contributed by atoms with E-state index in [4.69, 9.17) is 4.74 Å². The van der Waals surface area contributed by atoms with Gasteiger partial charge >= 0.3 is 0 Å². The number of hydrogen-bond acceptors (Lipinski definition) is 5. The van der Waals surface area contributed by atoms with Crippen LogP contribution >= 0.6 is 0 Å². The van der Waals surface area contributed by atoms with Crippen molar-refractivity contribution in [3.8, 4) is 5.75 Å². The van der Waals surface area contributed by atoms with Crippen LogP contribution in [0.2, 0.25) is 0 Å². The van der Waals surface area contributed by atoms with E-state index >= 15 is 0 Å². The molecular weight excluding hydrogens is 300 g/mol. The number of ether oxygens (including phenoxy) is 1. The molecule has 0 saturated carbocycles. The highest BCUT2D eigenvalue weighted by molar-refractivity contribution is 5.67. The van der Waals surface area contributed by atoms with Crippen molar-refractivity contribution in [2.45, 2.75) is 13.8 Å². The largest absolute Gasteiger partial charge is 0.492 e. The van der Waals surface area contributed by atoms with Gasteiger partial charge in [0, 0.05) is 11.8 Å². The number of benzene rings is 2. The van der Waals surface area contributed by atoms with E-state index in [-0.39, 0.29) is 0 Å². The molecule has 2 N–H and O–H groups in total. The van der Waals surface area contributed by atoms with E-state index in [0.29, 0.717) is 12.4 Å². The molecule has 0 aliphatic rings. The van der Waals surface area contributed by atoms with Crippen LogP contribution < -0.4 is 15.4 Å². The van der Waals surface area contributed by atoms with Gasteiger partial charge in [0.2, 0.25) is 0 Å². The first kappa shape index (κ1) is 15.8. The second kappa shape index (κ2) is 7.46. The van der Waals surface area contributed by atoms with E-state index in [1.165, 1.54) is 11.9 Å². The zero-order valence-electron chi connectivity index (χ0n) is 13.8. The molecule has 0 atom stereocenters. The van der Waals surface area contributed by atoms with Gasteiger partial charge in [-0.1, -0.05) is 24.3 Å². The maximum Gasteiger partial charge on any atom is 0.142 e. The van der Waals surface area contributed by atoms with Gasteiger partial charge in [-0.2, -0.15) is 0 Å². The molecule has 0 fully saturated rings. The first-order valence-electron chi connectivity index (χ1n) is 7.89. The Morgan fingerprint density at radius 1 is 0.917 bits per heavy atom. The highest BCUT2D eigenvalue weighted by Gasteiger charge is 2.05. The van der Waals surface area contributed by atoms with Crippen molar-refractivity contribution in [1.29, 1.82) is 0 Å².